The van der Waals surface area contributed by atoms with Crippen LogP contribution in [0.1, 0.15) is 79.6 Å². The molecule has 3 aromatic rings. The Hall–Kier alpha value is -2.91. The van der Waals surface area contributed by atoms with Gasteiger partial charge in [0.25, 0.3) is 0 Å². The molecular formula is C26H40N8O2. The van der Waals surface area contributed by atoms with Crippen molar-refractivity contribution in [3.05, 3.63) is 10.6 Å². The summed E-state index contributed by atoms with van der Waals surface area (Å²) >= 11 is 0. The highest BCUT2D eigenvalue weighted by molar-refractivity contribution is 5.87. The molecule has 1 atom stereocenters. The number of aromatic nitrogens is 6. The first-order chi connectivity index (χ1) is 17.2. The molecule has 5 rings (SSSR count). The van der Waals surface area contributed by atoms with Crippen molar-refractivity contribution in [2.24, 2.45) is 23.2 Å². The number of fused-ring (bicyclic) bond motifs is 1. The maximum Gasteiger partial charge on any atom is 0.439 e. The normalized spacial score (nSPS) is 21.9. The van der Waals surface area contributed by atoms with Crippen LogP contribution in [0, 0.1) is 23.2 Å². The Labute approximate surface area is 212 Å². The van der Waals surface area contributed by atoms with Gasteiger partial charge in [-0.3, -0.25) is 9.51 Å². The molecule has 0 aromatic carbocycles. The number of imidazole rings is 1. The van der Waals surface area contributed by atoms with Crippen molar-refractivity contribution in [2.45, 2.75) is 92.2 Å². The number of aromatic amines is 1. The monoisotopic (exact) mass is 496 g/mol. The fourth-order valence-corrected chi connectivity index (χ4v) is 5.27. The number of nitrogens with one attached hydrogen (secondary N) is 3. The predicted molar refractivity (Wildman–Crippen MR) is 141 cm³/mol. The molecule has 196 valence electrons. The molecule has 0 unspecified atom stereocenters. The highest BCUT2D eigenvalue weighted by Gasteiger charge is 2.28. The fraction of sp³-hybridized carbons (Fsp3) is 0.731. The number of hydrogen-bond acceptors (Lipinski definition) is 8. The quantitative estimate of drug-likeness (QED) is 0.395. The SMILES string of the molecule is CC1CCC(Cn2c(NCC(C)(C)C)nc3nc(-c4noc(=O)[nH]4)nc(N[C@H](C)C4CCC4)c32)CC1. The van der Waals surface area contributed by atoms with Gasteiger partial charge in [-0.2, -0.15) is 4.98 Å². The summed E-state index contributed by atoms with van der Waals surface area (Å²) in [5.41, 5.74) is 1.60. The highest BCUT2D eigenvalue weighted by Crippen LogP contribution is 2.36. The second-order valence-corrected chi connectivity index (χ2v) is 12.2. The summed E-state index contributed by atoms with van der Waals surface area (Å²) in [5.74, 6) is 3.45. The van der Waals surface area contributed by atoms with E-state index < -0.39 is 5.76 Å². The van der Waals surface area contributed by atoms with Gasteiger partial charge < -0.3 is 15.2 Å². The average molecular weight is 497 g/mol. The summed E-state index contributed by atoms with van der Waals surface area (Å²) in [6.45, 7) is 12.9. The van der Waals surface area contributed by atoms with E-state index in [1.807, 2.05) is 0 Å². The lowest BCUT2D eigenvalue weighted by Gasteiger charge is -2.32. The summed E-state index contributed by atoms with van der Waals surface area (Å²) in [5, 5.41) is 11.1. The maximum atomic E-state index is 11.6. The van der Waals surface area contributed by atoms with Crippen LogP contribution in [0.25, 0.3) is 22.8 Å². The molecule has 0 spiro atoms. The molecule has 36 heavy (non-hydrogen) atoms. The number of H-pyrrole nitrogens is 1. The minimum absolute atomic E-state index is 0.0973. The van der Waals surface area contributed by atoms with Crippen molar-refractivity contribution in [1.82, 2.24) is 29.7 Å². The van der Waals surface area contributed by atoms with Crippen molar-refractivity contribution in [3.8, 4) is 11.6 Å². The zero-order valence-corrected chi connectivity index (χ0v) is 22.2. The first-order valence-electron chi connectivity index (χ1n) is 13.5. The van der Waals surface area contributed by atoms with Crippen molar-refractivity contribution in [3.63, 3.8) is 0 Å². The average Bonchev–Trinajstić information content (AvgIpc) is 3.35. The second kappa shape index (κ2) is 9.86. The Kier molecular flexibility index (Phi) is 6.78. The zero-order valence-electron chi connectivity index (χ0n) is 22.2. The van der Waals surface area contributed by atoms with E-state index in [1.54, 1.807) is 0 Å². The minimum atomic E-state index is -0.629. The molecule has 2 aliphatic carbocycles. The third-order valence-corrected chi connectivity index (χ3v) is 7.83. The first-order valence-corrected chi connectivity index (χ1v) is 13.5. The van der Waals surface area contributed by atoms with Gasteiger partial charge in [-0.05, 0) is 55.8 Å². The Morgan fingerprint density at radius 2 is 1.86 bits per heavy atom. The number of nitrogens with zero attached hydrogens (tertiary/aromatic N) is 5. The Balaban J connectivity index is 1.59. The van der Waals surface area contributed by atoms with E-state index >= 15 is 0 Å². The lowest BCUT2D eigenvalue weighted by atomic mass is 9.80. The van der Waals surface area contributed by atoms with Crippen LogP contribution in [0.15, 0.2) is 9.32 Å². The maximum absolute atomic E-state index is 11.6. The third-order valence-electron chi connectivity index (χ3n) is 7.83. The summed E-state index contributed by atoms with van der Waals surface area (Å²) in [6, 6.07) is 0.269. The number of rotatable bonds is 8. The molecule has 10 heteroatoms. The standard InChI is InChI=1S/C26H40N8O2/c1-15-9-11-17(12-10-15)13-34-19-20(28-16(2)18-7-6-8-18)29-22(23-32-25(35)36-33-23)30-21(19)31-24(34)27-14-26(3,4)5/h15-18H,6-14H2,1-5H3,(H,32,33,35)(H2,27,28,29,30,31)/t15?,16-,17?/m1/s1. The van der Waals surface area contributed by atoms with Crippen LogP contribution >= 0.6 is 0 Å². The van der Waals surface area contributed by atoms with E-state index in [2.05, 4.69) is 60.0 Å². The molecule has 3 aromatic heterocycles. The Morgan fingerprint density at radius 3 is 2.47 bits per heavy atom. The topological polar surface area (TPSA) is 127 Å². The number of hydrogen-bond donors (Lipinski definition) is 3. The van der Waals surface area contributed by atoms with E-state index in [9.17, 15) is 4.79 Å². The van der Waals surface area contributed by atoms with Gasteiger partial charge >= 0.3 is 5.76 Å². The van der Waals surface area contributed by atoms with Crippen LogP contribution in [-0.2, 0) is 6.54 Å². The van der Waals surface area contributed by atoms with Gasteiger partial charge in [-0.15, -0.1) is 0 Å². The van der Waals surface area contributed by atoms with Crippen LogP contribution in [0.4, 0.5) is 11.8 Å². The summed E-state index contributed by atoms with van der Waals surface area (Å²) < 4.78 is 7.02. The second-order valence-electron chi connectivity index (χ2n) is 12.2. The smallest absolute Gasteiger partial charge is 0.365 e. The lowest BCUT2D eigenvalue weighted by molar-refractivity contribution is 0.267. The van der Waals surface area contributed by atoms with Crippen LogP contribution < -0.4 is 16.4 Å². The minimum Gasteiger partial charge on any atom is -0.365 e. The van der Waals surface area contributed by atoms with Gasteiger partial charge in [-0.1, -0.05) is 52.1 Å². The summed E-state index contributed by atoms with van der Waals surface area (Å²) in [6.07, 6.45) is 8.71. The van der Waals surface area contributed by atoms with Crippen LogP contribution in [-0.4, -0.2) is 42.2 Å². The molecule has 3 heterocycles. The van der Waals surface area contributed by atoms with Gasteiger partial charge in [0.15, 0.2) is 11.5 Å². The molecule has 0 radical (unpaired) electrons. The molecule has 0 aliphatic heterocycles. The predicted octanol–water partition coefficient (Wildman–Crippen LogP) is 5.05. The van der Waals surface area contributed by atoms with Gasteiger partial charge in [-0.25, -0.2) is 14.8 Å². The molecular weight excluding hydrogens is 456 g/mol. The Morgan fingerprint density at radius 1 is 1.11 bits per heavy atom. The van der Waals surface area contributed by atoms with Gasteiger partial charge in [0, 0.05) is 19.1 Å². The fourth-order valence-electron chi connectivity index (χ4n) is 5.27. The molecule has 0 bridgehead atoms. The Bertz CT molecular complexity index is 1240. The van der Waals surface area contributed by atoms with Crippen LogP contribution in [0.5, 0.6) is 0 Å². The van der Waals surface area contributed by atoms with E-state index in [0.717, 1.165) is 36.3 Å². The summed E-state index contributed by atoms with van der Waals surface area (Å²) in [4.78, 5) is 28.7. The van der Waals surface area contributed by atoms with Crippen molar-refractivity contribution >= 4 is 22.9 Å². The van der Waals surface area contributed by atoms with Gasteiger partial charge in [0.05, 0.1) is 0 Å². The lowest BCUT2D eigenvalue weighted by Crippen LogP contribution is -2.31. The summed E-state index contributed by atoms with van der Waals surface area (Å²) in [7, 11) is 0. The van der Waals surface area contributed by atoms with Gasteiger partial charge in [0.2, 0.25) is 17.6 Å². The van der Waals surface area contributed by atoms with Crippen LogP contribution in [0.3, 0.4) is 0 Å². The highest BCUT2D eigenvalue weighted by atomic mass is 16.5. The van der Waals surface area contributed by atoms with Gasteiger partial charge in [0.1, 0.15) is 5.52 Å². The zero-order chi connectivity index (χ0) is 25.4. The van der Waals surface area contributed by atoms with Crippen molar-refractivity contribution in [2.75, 3.05) is 17.2 Å². The molecule has 3 N–H and O–H groups in total. The van der Waals surface area contributed by atoms with E-state index in [4.69, 9.17) is 19.5 Å². The van der Waals surface area contributed by atoms with E-state index in [0.29, 0.717) is 23.3 Å². The number of anilines is 2. The van der Waals surface area contributed by atoms with Crippen LogP contribution in [0.2, 0.25) is 0 Å². The van der Waals surface area contributed by atoms with E-state index in [-0.39, 0.29) is 17.3 Å². The van der Waals surface area contributed by atoms with E-state index in [1.165, 1.54) is 44.9 Å². The molecule has 0 saturated heterocycles. The third kappa shape index (κ3) is 5.42. The molecule has 10 nitrogen and oxygen atoms in total. The molecule has 2 aliphatic rings. The molecule has 2 saturated carbocycles. The molecule has 0 amide bonds. The first kappa shape index (κ1) is 24.8. The largest absolute Gasteiger partial charge is 0.439 e. The van der Waals surface area contributed by atoms with Crippen molar-refractivity contribution < 1.29 is 4.52 Å². The molecule has 2 fully saturated rings. The van der Waals surface area contributed by atoms with Crippen molar-refractivity contribution in [1.29, 1.82) is 0 Å².